The van der Waals surface area contributed by atoms with Gasteiger partial charge in [-0.3, -0.25) is 0 Å². The molecule has 0 saturated carbocycles. The summed E-state index contributed by atoms with van der Waals surface area (Å²) in [5.41, 5.74) is 0. The summed E-state index contributed by atoms with van der Waals surface area (Å²) in [6.07, 6.45) is 2.09. The summed E-state index contributed by atoms with van der Waals surface area (Å²) < 4.78 is 10.6. The molecule has 2 atom stereocenters. The quantitative estimate of drug-likeness (QED) is 0.825. The zero-order valence-electron chi connectivity index (χ0n) is 9.90. The molecule has 1 saturated heterocycles. The number of hydrogen-bond donors (Lipinski definition) is 1. The molecule has 1 aliphatic heterocycles. The second kappa shape index (κ2) is 5.41. The van der Waals surface area contributed by atoms with Gasteiger partial charge in [0, 0.05) is 12.5 Å². The zero-order chi connectivity index (χ0) is 11.4. The van der Waals surface area contributed by atoms with E-state index in [4.69, 9.17) is 9.26 Å². The van der Waals surface area contributed by atoms with Crippen LogP contribution in [0.1, 0.15) is 50.4 Å². The van der Waals surface area contributed by atoms with E-state index in [1.807, 2.05) is 6.92 Å². The summed E-state index contributed by atoms with van der Waals surface area (Å²) in [6, 6.07) is 0.128. The van der Waals surface area contributed by atoms with Crippen molar-refractivity contribution in [1.82, 2.24) is 15.5 Å². The minimum Gasteiger partial charge on any atom is -0.381 e. The highest BCUT2D eigenvalue weighted by Gasteiger charge is 2.24. The Labute approximate surface area is 95.6 Å². The van der Waals surface area contributed by atoms with E-state index < -0.39 is 0 Å². The molecular weight excluding hydrogens is 206 g/mol. The van der Waals surface area contributed by atoms with Crippen LogP contribution >= 0.6 is 0 Å². The molecule has 5 nitrogen and oxygen atoms in total. The monoisotopic (exact) mass is 225 g/mol. The standard InChI is InChI=1S/C11H19N3O2/c1-3-5-12-8(2)11-13-10(14-16-11)9-4-6-15-7-9/h8-9,12H,3-7H2,1-2H3. The maximum Gasteiger partial charge on any atom is 0.243 e. The van der Waals surface area contributed by atoms with Crippen LogP contribution in [0, 0.1) is 0 Å². The smallest absolute Gasteiger partial charge is 0.243 e. The number of hydrogen-bond acceptors (Lipinski definition) is 5. The van der Waals surface area contributed by atoms with E-state index in [2.05, 4.69) is 22.4 Å². The molecule has 16 heavy (non-hydrogen) atoms. The average Bonchev–Trinajstić information content (AvgIpc) is 2.94. The lowest BCUT2D eigenvalue weighted by Gasteiger charge is -2.07. The Morgan fingerprint density at radius 2 is 2.44 bits per heavy atom. The molecule has 0 bridgehead atoms. The second-order valence-electron chi connectivity index (χ2n) is 4.23. The number of rotatable bonds is 5. The molecule has 0 radical (unpaired) electrons. The molecule has 1 N–H and O–H groups in total. The van der Waals surface area contributed by atoms with Gasteiger partial charge in [-0.15, -0.1) is 0 Å². The molecule has 90 valence electrons. The van der Waals surface area contributed by atoms with Crippen molar-refractivity contribution in [2.45, 2.75) is 38.6 Å². The van der Waals surface area contributed by atoms with E-state index in [-0.39, 0.29) is 6.04 Å². The van der Waals surface area contributed by atoms with E-state index in [9.17, 15) is 0 Å². The second-order valence-corrected chi connectivity index (χ2v) is 4.23. The fraction of sp³-hybridized carbons (Fsp3) is 0.818. The molecule has 1 aliphatic rings. The summed E-state index contributed by atoms with van der Waals surface area (Å²) >= 11 is 0. The average molecular weight is 225 g/mol. The topological polar surface area (TPSA) is 60.2 Å². The van der Waals surface area contributed by atoms with Crippen molar-refractivity contribution in [2.24, 2.45) is 0 Å². The van der Waals surface area contributed by atoms with Crippen LogP contribution in [0.5, 0.6) is 0 Å². The van der Waals surface area contributed by atoms with Crippen molar-refractivity contribution in [3.05, 3.63) is 11.7 Å². The summed E-state index contributed by atoms with van der Waals surface area (Å²) in [7, 11) is 0. The molecule has 2 unspecified atom stereocenters. The Bertz CT molecular complexity index is 321. The Hall–Kier alpha value is -0.940. The van der Waals surface area contributed by atoms with Gasteiger partial charge in [0.15, 0.2) is 5.82 Å². The first kappa shape index (κ1) is 11.5. The number of nitrogens with zero attached hydrogens (tertiary/aromatic N) is 2. The van der Waals surface area contributed by atoms with Gasteiger partial charge in [-0.2, -0.15) is 4.98 Å². The van der Waals surface area contributed by atoms with Crippen LogP contribution in [0.2, 0.25) is 0 Å². The van der Waals surface area contributed by atoms with Crippen LogP contribution in [-0.4, -0.2) is 29.9 Å². The van der Waals surface area contributed by atoms with E-state index >= 15 is 0 Å². The van der Waals surface area contributed by atoms with Gasteiger partial charge < -0.3 is 14.6 Å². The lowest BCUT2D eigenvalue weighted by molar-refractivity contribution is 0.192. The van der Waals surface area contributed by atoms with Crippen LogP contribution in [0.25, 0.3) is 0 Å². The van der Waals surface area contributed by atoms with Gasteiger partial charge in [-0.1, -0.05) is 12.1 Å². The van der Waals surface area contributed by atoms with Crippen molar-refractivity contribution >= 4 is 0 Å². The summed E-state index contributed by atoms with van der Waals surface area (Å²) in [5.74, 6) is 1.78. The Kier molecular flexibility index (Phi) is 3.90. The molecule has 0 amide bonds. The number of nitrogens with one attached hydrogen (secondary N) is 1. The first-order valence-corrected chi connectivity index (χ1v) is 5.96. The van der Waals surface area contributed by atoms with E-state index in [1.165, 1.54) is 0 Å². The fourth-order valence-electron chi connectivity index (χ4n) is 1.78. The van der Waals surface area contributed by atoms with Gasteiger partial charge >= 0.3 is 0 Å². The molecule has 5 heteroatoms. The molecular formula is C11H19N3O2. The largest absolute Gasteiger partial charge is 0.381 e. The highest BCUT2D eigenvalue weighted by atomic mass is 16.5. The Balaban J connectivity index is 1.95. The molecule has 1 aromatic heterocycles. The predicted octanol–water partition coefficient (Wildman–Crippen LogP) is 1.63. The van der Waals surface area contributed by atoms with E-state index in [0.717, 1.165) is 38.4 Å². The fourth-order valence-corrected chi connectivity index (χ4v) is 1.78. The molecule has 1 fully saturated rings. The van der Waals surface area contributed by atoms with Crippen molar-refractivity contribution in [2.75, 3.05) is 19.8 Å². The number of ether oxygens (including phenoxy) is 1. The maximum absolute atomic E-state index is 5.31. The summed E-state index contributed by atoms with van der Waals surface area (Å²) in [5, 5.41) is 7.35. The Morgan fingerprint density at radius 1 is 1.56 bits per heavy atom. The SMILES string of the molecule is CCCNC(C)c1nc(C2CCOC2)no1. The first-order valence-electron chi connectivity index (χ1n) is 5.96. The minimum atomic E-state index is 0.128. The lowest BCUT2D eigenvalue weighted by Crippen LogP contribution is -2.19. The van der Waals surface area contributed by atoms with Gasteiger partial charge in [0.1, 0.15) is 0 Å². The summed E-state index contributed by atoms with van der Waals surface area (Å²) in [6.45, 7) is 6.66. The van der Waals surface area contributed by atoms with E-state index in [0.29, 0.717) is 11.8 Å². The lowest BCUT2D eigenvalue weighted by atomic mass is 10.1. The normalized spacial score (nSPS) is 22.5. The zero-order valence-corrected chi connectivity index (χ0v) is 9.90. The third-order valence-electron chi connectivity index (χ3n) is 2.82. The first-order chi connectivity index (χ1) is 7.81. The predicted molar refractivity (Wildman–Crippen MR) is 59.2 cm³/mol. The van der Waals surface area contributed by atoms with Crippen molar-refractivity contribution in [1.29, 1.82) is 0 Å². The van der Waals surface area contributed by atoms with Crippen LogP contribution in [0.15, 0.2) is 4.52 Å². The molecule has 1 aromatic rings. The molecule has 2 heterocycles. The van der Waals surface area contributed by atoms with Gasteiger partial charge in [0.05, 0.1) is 12.6 Å². The highest BCUT2D eigenvalue weighted by Crippen LogP contribution is 2.23. The van der Waals surface area contributed by atoms with Crippen molar-refractivity contribution in [3.63, 3.8) is 0 Å². The van der Waals surface area contributed by atoms with Gasteiger partial charge in [0.25, 0.3) is 0 Å². The summed E-state index contributed by atoms with van der Waals surface area (Å²) in [4.78, 5) is 4.42. The third kappa shape index (κ3) is 2.59. The number of aromatic nitrogens is 2. The van der Waals surface area contributed by atoms with Crippen molar-refractivity contribution in [3.8, 4) is 0 Å². The van der Waals surface area contributed by atoms with Crippen LogP contribution < -0.4 is 5.32 Å². The molecule has 0 spiro atoms. The third-order valence-corrected chi connectivity index (χ3v) is 2.82. The molecule has 2 rings (SSSR count). The minimum absolute atomic E-state index is 0.128. The maximum atomic E-state index is 5.31. The highest BCUT2D eigenvalue weighted by molar-refractivity contribution is 4.99. The Morgan fingerprint density at radius 3 is 3.12 bits per heavy atom. The van der Waals surface area contributed by atoms with Crippen LogP contribution in [-0.2, 0) is 4.74 Å². The molecule has 0 aliphatic carbocycles. The van der Waals surface area contributed by atoms with Crippen LogP contribution in [0.3, 0.4) is 0 Å². The van der Waals surface area contributed by atoms with Crippen LogP contribution in [0.4, 0.5) is 0 Å². The van der Waals surface area contributed by atoms with Crippen molar-refractivity contribution < 1.29 is 9.26 Å². The van der Waals surface area contributed by atoms with E-state index in [1.54, 1.807) is 0 Å². The van der Waals surface area contributed by atoms with Gasteiger partial charge in [-0.05, 0) is 26.3 Å². The molecule has 0 aromatic carbocycles. The van der Waals surface area contributed by atoms with Gasteiger partial charge in [-0.25, -0.2) is 0 Å². The van der Waals surface area contributed by atoms with Gasteiger partial charge in [0.2, 0.25) is 5.89 Å².